The second-order valence-electron chi connectivity index (χ2n) is 6.70. The molecule has 0 aliphatic carbocycles. The van der Waals surface area contributed by atoms with Gasteiger partial charge in [-0.25, -0.2) is 4.98 Å². The number of aryl methyl sites for hydroxylation is 1. The molecule has 31 heavy (non-hydrogen) atoms. The van der Waals surface area contributed by atoms with E-state index in [1.807, 2.05) is 22.8 Å². The first-order valence-corrected chi connectivity index (χ1v) is 11.9. The van der Waals surface area contributed by atoms with Crippen LogP contribution < -0.4 is 5.32 Å². The third kappa shape index (κ3) is 4.81. The predicted octanol–water partition coefficient (Wildman–Crippen LogP) is 5.78. The average molecular weight is 470 g/mol. The van der Waals surface area contributed by atoms with Crippen LogP contribution in [-0.2, 0) is 11.3 Å². The normalized spacial score (nSPS) is 10.9. The molecule has 1 aromatic carbocycles. The van der Waals surface area contributed by atoms with E-state index in [0.717, 1.165) is 17.0 Å². The summed E-state index contributed by atoms with van der Waals surface area (Å²) in [7, 11) is 0. The maximum absolute atomic E-state index is 12.3. The second-order valence-corrected chi connectivity index (χ2v) is 9.16. The van der Waals surface area contributed by atoms with Crippen molar-refractivity contribution in [1.82, 2.24) is 19.7 Å². The molecule has 4 aromatic rings. The van der Waals surface area contributed by atoms with Crippen molar-refractivity contribution in [3.8, 4) is 22.5 Å². The number of rotatable bonds is 7. The molecular weight excluding hydrogens is 450 g/mol. The van der Waals surface area contributed by atoms with Crippen LogP contribution in [0.25, 0.3) is 22.5 Å². The number of amides is 1. The quantitative estimate of drug-likeness (QED) is 0.347. The Bertz CT molecular complexity index is 1190. The van der Waals surface area contributed by atoms with Crippen LogP contribution >= 0.6 is 34.7 Å². The summed E-state index contributed by atoms with van der Waals surface area (Å²) in [6, 6.07) is 13.7. The summed E-state index contributed by atoms with van der Waals surface area (Å²) in [5.41, 5.74) is 3.39. The molecule has 0 aliphatic rings. The third-order valence-corrected chi connectivity index (χ3v) is 6.74. The number of hydrogen-bond donors (Lipinski definition) is 1. The van der Waals surface area contributed by atoms with Crippen LogP contribution in [0.15, 0.2) is 59.2 Å². The highest BCUT2D eigenvalue weighted by atomic mass is 35.5. The van der Waals surface area contributed by atoms with Gasteiger partial charge in [-0.2, -0.15) is 0 Å². The lowest BCUT2D eigenvalue weighted by Crippen LogP contribution is -2.15. The highest BCUT2D eigenvalue weighted by molar-refractivity contribution is 7.99. The molecule has 0 unspecified atom stereocenters. The molecule has 3 aromatic heterocycles. The van der Waals surface area contributed by atoms with Crippen molar-refractivity contribution in [2.75, 3.05) is 11.1 Å². The Balaban J connectivity index is 1.54. The molecule has 0 radical (unpaired) electrons. The molecule has 0 aliphatic heterocycles. The Hall–Kier alpha value is -2.68. The van der Waals surface area contributed by atoms with Crippen molar-refractivity contribution < 1.29 is 4.79 Å². The lowest BCUT2D eigenvalue weighted by atomic mass is 10.0. The summed E-state index contributed by atoms with van der Waals surface area (Å²) in [6.45, 7) is 4.87. The van der Waals surface area contributed by atoms with E-state index in [1.54, 1.807) is 23.5 Å². The summed E-state index contributed by atoms with van der Waals surface area (Å²) in [5, 5.41) is 15.0. The highest BCUT2D eigenvalue weighted by Gasteiger charge is 2.20. The molecular formula is C22H20ClN5OS2. The fourth-order valence-corrected chi connectivity index (χ4v) is 5.00. The van der Waals surface area contributed by atoms with E-state index in [4.69, 9.17) is 11.6 Å². The van der Waals surface area contributed by atoms with E-state index in [1.165, 1.54) is 28.4 Å². The summed E-state index contributed by atoms with van der Waals surface area (Å²) < 4.78 is 2.05. The van der Waals surface area contributed by atoms with Crippen molar-refractivity contribution in [2.45, 2.75) is 25.5 Å². The number of aromatic nitrogens is 4. The SMILES string of the molecule is CCn1c(SCC(=O)Nc2ccc(Cl)cn2)nnc1-c1csc(C)c1-c1ccccc1. The van der Waals surface area contributed by atoms with Gasteiger partial charge in [0.25, 0.3) is 0 Å². The highest BCUT2D eigenvalue weighted by Crippen LogP contribution is 2.39. The van der Waals surface area contributed by atoms with Crippen molar-refractivity contribution in [1.29, 1.82) is 0 Å². The minimum Gasteiger partial charge on any atom is -0.310 e. The number of thioether (sulfide) groups is 1. The number of benzene rings is 1. The third-order valence-electron chi connectivity index (χ3n) is 4.64. The van der Waals surface area contributed by atoms with E-state index >= 15 is 0 Å². The first kappa shape index (κ1) is 21.5. The van der Waals surface area contributed by atoms with Crippen molar-refractivity contribution in [3.05, 3.63) is 63.9 Å². The zero-order valence-electron chi connectivity index (χ0n) is 17.0. The van der Waals surface area contributed by atoms with E-state index in [0.29, 0.717) is 22.5 Å². The molecule has 9 heteroatoms. The number of anilines is 1. The Morgan fingerprint density at radius 3 is 2.71 bits per heavy atom. The second kappa shape index (κ2) is 9.64. The molecule has 0 bridgehead atoms. The molecule has 158 valence electrons. The molecule has 0 saturated heterocycles. The topological polar surface area (TPSA) is 72.7 Å². The lowest BCUT2D eigenvalue weighted by molar-refractivity contribution is -0.113. The molecule has 3 heterocycles. The van der Waals surface area contributed by atoms with Crippen molar-refractivity contribution >= 4 is 46.4 Å². The Labute approximate surface area is 193 Å². The van der Waals surface area contributed by atoms with Gasteiger partial charge in [0.15, 0.2) is 11.0 Å². The fourth-order valence-electron chi connectivity index (χ4n) is 3.22. The molecule has 1 amide bonds. The Kier molecular flexibility index (Phi) is 6.70. The zero-order chi connectivity index (χ0) is 21.8. The number of pyridine rings is 1. The fraction of sp³-hybridized carbons (Fsp3) is 0.182. The summed E-state index contributed by atoms with van der Waals surface area (Å²) >= 11 is 8.88. The van der Waals surface area contributed by atoms with Crippen LogP contribution in [-0.4, -0.2) is 31.4 Å². The molecule has 0 atom stereocenters. The van der Waals surface area contributed by atoms with Gasteiger partial charge in [0.1, 0.15) is 5.82 Å². The van der Waals surface area contributed by atoms with E-state index in [9.17, 15) is 4.79 Å². The zero-order valence-corrected chi connectivity index (χ0v) is 19.4. The largest absolute Gasteiger partial charge is 0.310 e. The number of halogens is 1. The van der Waals surface area contributed by atoms with Gasteiger partial charge < -0.3 is 9.88 Å². The van der Waals surface area contributed by atoms with Gasteiger partial charge in [-0.3, -0.25) is 4.79 Å². The van der Waals surface area contributed by atoms with Crippen LogP contribution in [0, 0.1) is 6.92 Å². The van der Waals surface area contributed by atoms with Crippen molar-refractivity contribution in [2.24, 2.45) is 0 Å². The van der Waals surface area contributed by atoms with Gasteiger partial charge in [-0.1, -0.05) is 53.7 Å². The first-order chi connectivity index (χ1) is 15.1. The van der Waals surface area contributed by atoms with Crippen LogP contribution in [0.3, 0.4) is 0 Å². The maximum atomic E-state index is 12.3. The molecule has 6 nitrogen and oxygen atoms in total. The minimum atomic E-state index is -0.164. The molecule has 0 saturated carbocycles. The summed E-state index contributed by atoms with van der Waals surface area (Å²) in [6.07, 6.45) is 1.50. The number of carbonyl (C=O) groups is 1. The molecule has 4 rings (SSSR count). The smallest absolute Gasteiger partial charge is 0.236 e. The monoisotopic (exact) mass is 469 g/mol. The van der Waals surface area contributed by atoms with E-state index in [-0.39, 0.29) is 11.7 Å². The average Bonchev–Trinajstić information content (AvgIpc) is 3.37. The van der Waals surface area contributed by atoms with Gasteiger partial charge in [-0.15, -0.1) is 21.5 Å². The predicted molar refractivity (Wildman–Crippen MR) is 128 cm³/mol. The lowest BCUT2D eigenvalue weighted by Gasteiger charge is -2.09. The number of thiophene rings is 1. The minimum absolute atomic E-state index is 0.164. The number of hydrogen-bond acceptors (Lipinski definition) is 6. The molecule has 0 fully saturated rings. The van der Waals surface area contributed by atoms with Gasteiger partial charge in [0.05, 0.1) is 10.8 Å². The maximum Gasteiger partial charge on any atom is 0.236 e. The van der Waals surface area contributed by atoms with Crippen molar-refractivity contribution in [3.63, 3.8) is 0 Å². The summed E-state index contributed by atoms with van der Waals surface area (Å²) in [4.78, 5) is 17.6. The number of carbonyl (C=O) groups excluding carboxylic acids is 1. The van der Waals surface area contributed by atoms with Gasteiger partial charge in [-0.05, 0) is 31.5 Å². The van der Waals surface area contributed by atoms with Gasteiger partial charge in [0.2, 0.25) is 5.91 Å². The standard InChI is InChI=1S/C22H20ClN5OS2/c1-3-28-21(17-12-30-14(2)20(17)15-7-5-4-6-8-15)26-27-22(28)31-13-19(29)25-18-10-9-16(23)11-24-18/h4-12H,3,13H2,1-2H3,(H,24,25,29). The Morgan fingerprint density at radius 2 is 2.00 bits per heavy atom. The van der Waals surface area contributed by atoms with Gasteiger partial charge in [0, 0.05) is 34.1 Å². The molecule has 0 spiro atoms. The number of nitrogens with one attached hydrogen (secondary N) is 1. The van der Waals surface area contributed by atoms with Crippen LogP contribution in [0.1, 0.15) is 11.8 Å². The molecule has 1 N–H and O–H groups in total. The Morgan fingerprint density at radius 1 is 1.19 bits per heavy atom. The van der Waals surface area contributed by atoms with Crippen LogP contribution in [0.5, 0.6) is 0 Å². The van der Waals surface area contributed by atoms with E-state index in [2.05, 4.69) is 51.9 Å². The van der Waals surface area contributed by atoms with Crippen LogP contribution in [0.4, 0.5) is 5.82 Å². The van der Waals surface area contributed by atoms with Gasteiger partial charge >= 0.3 is 0 Å². The first-order valence-electron chi connectivity index (χ1n) is 9.68. The number of nitrogens with zero attached hydrogens (tertiary/aromatic N) is 4. The van der Waals surface area contributed by atoms with Crippen LogP contribution in [0.2, 0.25) is 5.02 Å². The summed E-state index contributed by atoms with van der Waals surface area (Å²) in [5.74, 6) is 1.32. The van der Waals surface area contributed by atoms with E-state index < -0.39 is 0 Å².